The first-order chi connectivity index (χ1) is 13.4. The molecule has 0 spiro atoms. The minimum Gasteiger partial charge on any atom is -0.497 e. The van der Waals surface area contributed by atoms with Gasteiger partial charge in [0, 0.05) is 17.0 Å². The number of para-hydroxylation sites is 1. The molecule has 2 aromatic carbocycles. The van der Waals surface area contributed by atoms with Crippen LogP contribution >= 0.6 is 0 Å². The third-order valence-electron chi connectivity index (χ3n) is 4.54. The standard InChI is InChI=1S/C22H23N3O3/c1-14(2)25(13-21(23)26)22(27)18-12-20(15-8-10-16(28-3)11-9-15)24-19-7-5-4-6-17(18)19/h4-12,14H,13H2,1-3H3,(H2,23,26). The highest BCUT2D eigenvalue weighted by Crippen LogP contribution is 2.27. The number of rotatable bonds is 6. The highest BCUT2D eigenvalue weighted by molar-refractivity contribution is 6.08. The number of aromatic nitrogens is 1. The third-order valence-corrected chi connectivity index (χ3v) is 4.54. The average molecular weight is 377 g/mol. The third kappa shape index (κ3) is 3.96. The van der Waals surface area contributed by atoms with Gasteiger partial charge in [0.2, 0.25) is 5.91 Å². The second-order valence-corrected chi connectivity index (χ2v) is 6.79. The first kappa shape index (κ1) is 19.4. The van der Waals surface area contributed by atoms with Crippen LogP contribution in [0.1, 0.15) is 24.2 Å². The molecule has 6 heteroatoms. The zero-order chi connectivity index (χ0) is 20.3. The van der Waals surface area contributed by atoms with Gasteiger partial charge in [-0.15, -0.1) is 0 Å². The summed E-state index contributed by atoms with van der Waals surface area (Å²) in [5.41, 5.74) is 8.09. The van der Waals surface area contributed by atoms with Crippen LogP contribution in [0, 0.1) is 0 Å². The average Bonchev–Trinajstić information content (AvgIpc) is 2.70. The van der Waals surface area contributed by atoms with Crippen LogP contribution in [0.3, 0.4) is 0 Å². The Kier molecular flexibility index (Phi) is 5.59. The maximum absolute atomic E-state index is 13.3. The quantitative estimate of drug-likeness (QED) is 0.714. The fourth-order valence-corrected chi connectivity index (χ4v) is 3.07. The van der Waals surface area contributed by atoms with Crippen LogP contribution in [-0.2, 0) is 4.79 Å². The Bertz CT molecular complexity index is 1010. The zero-order valence-corrected chi connectivity index (χ0v) is 16.2. The lowest BCUT2D eigenvalue weighted by Crippen LogP contribution is -2.42. The molecule has 2 amide bonds. The number of ether oxygens (including phenoxy) is 1. The molecule has 0 bridgehead atoms. The van der Waals surface area contributed by atoms with Crippen molar-refractivity contribution < 1.29 is 14.3 Å². The van der Waals surface area contributed by atoms with Crippen molar-refractivity contribution in [1.29, 1.82) is 0 Å². The van der Waals surface area contributed by atoms with Crippen molar-refractivity contribution in [2.75, 3.05) is 13.7 Å². The van der Waals surface area contributed by atoms with Gasteiger partial charge in [0.05, 0.1) is 30.4 Å². The van der Waals surface area contributed by atoms with E-state index < -0.39 is 5.91 Å². The number of fused-ring (bicyclic) bond motifs is 1. The van der Waals surface area contributed by atoms with Gasteiger partial charge in [-0.2, -0.15) is 0 Å². The zero-order valence-electron chi connectivity index (χ0n) is 16.2. The van der Waals surface area contributed by atoms with E-state index in [0.29, 0.717) is 16.8 Å². The van der Waals surface area contributed by atoms with E-state index >= 15 is 0 Å². The fraction of sp³-hybridized carbons (Fsp3) is 0.227. The maximum Gasteiger partial charge on any atom is 0.255 e. The molecule has 0 unspecified atom stereocenters. The second kappa shape index (κ2) is 8.08. The van der Waals surface area contributed by atoms with Crippen LogP contribution in [0.2, 0.25) is 0 Å². The van der Waals surface area contributed by atoms with E-state index in [1.165, 1.54) is 4.90 Å². The Labute approximate surface area is 163 Å². The molecule has 0 atom stereocenters. The molecular weight excluding hydrogens is 354 g/mol. The number of carbonyl (C=O) groups excluding carboxylic acids is 2. The molecule has 1 aromatic heterocycles. The smallest absolute Gasteiger partial charge is 0.255 e. The van der Waals surface area contributed by atoms with E-state index in [1.807, 2.05) is 62.4 Å². The lowest BCUT2D eigenvalue weighted by Gasteiger charge is -2.26. The van der Waals surface area contributed by atoms with Gasteiger partial charge in [-0.25, -0.2) is 4.98 Å². The minimum absolute atomic E-state index is 0.134. The highest BCUT2D eigenvalue weighted by atomic mass is 16.5. The summed E-state index contributed by atoms with van der Waals surface area (Å²) in [6.07, 6.45) is 0. The molecule has 0 aliphatic heterocycles. The van der Waals surface area contributed by atoms with Crippen LogP contribution in [0.25, 0.3) is 22.2 Å². The van der Waals surface area contributed by atoms with E-state index in [2.05, 4.69) is 0 Å². The number of hydrogen-bond donors (Lipinski definition) is 1. The van der Waals surface area contributed by atoms with E-state index in [1.54, 1.807) is 13.2 Å². The lowest BCUT2D eigenvalue weighted by molar-refractivity contribution is -0.119. The molecule has 0 radical (unpaired) electrons. The van der Waals surface area contributed by atoms with Crippen molar-refractivity contribution in [3.8, 4) is 17.0 Å². The molecule has 2 N–H and O–H groups in total. The molecule has 1 heterocycles. The number of pyridine rings is 1. The van der Waals surface area contributed by atoms with Gasteiger partial charge < -0.3 is 15.4 Å². The van der Waals surface area contributed by atoms with E-state index in [0.717, 1.165) is 16.7 Å². The molecular formula is C22H23N3O3. The van der Waals surface area contributed by atoms with Crippen molar-refractivity contribution in [3.05, 3.63) is 60.2 Å². The molecule has 6 nitrogen and oxygen atoms in total. The summed E-state index contributed by atoms with van der Waals surface area (Å²) < 4.78 is 5.21. The molecule has 144 valence electrons. The molecule has 0 aliphatic rings. The monoisotopic (exact) mass is 377 g/mol. The first-order valence-electron chi connectivity index (χ1n) is 9.04. The van der Waals surface area contributed by atoms with Crippen LogP contribution < -0.4 is 10.5 Å². The summed E-state index contributed by atoms with van der Waals surface area (Å²) in [5, 5.41) is 0.736. The Balaban J connectivity index is 2.14. The van der Waals surface area contributed by atoms with Gasteiger partial charge in [0.15, 0.2) is 0 Å². The number of primary amides is 1. The SMILES string of the molecule is COc1ccc(-c2cc(C(=O)N(CC(N)=O)C(C)C)c3ccccc3n2)cc1. The lowest BCUT2D eigenvalue weighted by atomic mass is 10.0. The van der Waals surface area contributed by atoms with Crippen molar-refractivity contribution in [1.82, 2.24) is 9.88 Å². The first-order valence-corrected chi connectivity index (χ1v) is 9.04. The summed E-state index contributed by atoms with van der Waals surface area (Å²) in [4.78, 5) is 30.9. The van der Waals surface area contributed by atoms with Crippen LogP contribution in [-0.4, -0.2) is 41.4 Å². The van der Waals surface area contributed by atoms with E-state index in [-0.39, 0.29) is 18.5 Å². The predicted molar refractivity (Wildman–Crippen MR) is 109 cm³/mol. The number of nitrogens with two attached hydrogens (primary N) is 1. The van der Waals surface area contributed by atoms with Gasteiger partial charge in [0.1, 0.15) is 5.75 Å². The Hall–Kier alpha value is -3.41. The summed E-state index contributed by atoms with van der Waals surface area (Å²) in [6, 6.07) is 16.6. The minimum atomic E-state index is -0.546. The number of benzene rings is 2. The van der Waals surface area contributed by atoms with Gasteiger partial charge in [-0.3, -0.25) is 9.59 Å². The summed E-state index contributed by atoms with van der Waals surface area (Å²) in [7, 11) is 1.61. The Morgan fingerprint density at radius 2 is 1.79 bits per heavy atom. The van der Waals surface area contributed by atoms with Crippen molar-refractivity contribution in [2.24, 2.45) is 5.73 Å². The van der Waals surface area contributed by atoms with Crippen molar-refractivity contribution in [3.63, 3.8) is 0 Å². The van der Waals surface area contributed by atoms with Gasteiger partial charge in [0.25, 0.3) is 5.91 Å². The normalized spacial score (nSPS) is 10.9. The van der Waals surface area contributed by atoms with Crippen LogP contribution in [0.5, 0.6) is 5.75 Å². The number of amides is 2. The number of carbonyl (C=O) groups is 2. The maximum atomic E-state index is 13.3. The molecule has 3 rings (SSSR count). The summed E-state index contributed by atoms with van der Waals surface area (Å²) in [5.74, 6) is -0.0498. The molecule has 0 fully saturated rings. The van der Waals surface area contributed by atoms with Crippen molar-refractivity contribution >= 4 is 22.7 Å². The van der Waals surface area contributed by atoms with Gasteiger partial charge >= 0.3 is 0 Å². The number of hydrogen-bond acceptors (Lipinski definition) is 4. The van der Waals surface area contributed by atoms with Crippen molar-refractivity contribution in [2.45, 2.75) is 19.9 Å². The number of methoxy groups -OCH3 is 1. The Morgan fingerprint density at radius 3 is 2.39 bits per heavy atom. The topological polar surface area (TPSA) is 85.5 Å². The summed E-state index contributed by atoms with van der Waals surface area (Å²) in [6.45, 7) is 3.58. The van der Waals surface area contributed by atoms with Gasteiger partial charge in [-0.1, -0.05) is 18.2 Å². The summed E-state index contributed by atoms with van der Waals surface area (Å²) >= 11 is 0. The van der Waals surface area contributed by atoms with E-state index in [4.69, 9.17) is 15.5 Å². The number of nitrogens with zero attached hydrogens (tertiary/aromatic N) is 2. The molecule has 0 saturated carbocycles. The molecule has 0 aliphatic carbocycles. The molecule has 28 heavy (non-hydrogen) atoms. The molecule has 3 aromatic rings. The predicted octanol–water partition coefficient (Wildman–Crippen LogP) is 3.25. The van der Waals surface area contributed by atoms with Gasteiger partial charge in [-0.05, 0) is 50.2 Å². The van der Waals surface area contributed by atoms with Crippen LogP contribution in [0.4, 0.5) is 0 Å². The van der Waals surface area contributed by atoms with E-state index in [9.17, 15) is 9.59 Å². The molecule has 0 saturated heterocycles. The van der Waals surface area contributed by atoms with Crippen LogP contribution in [0.15, 0.2) is 54.6 Å². The largest absolute Gasteiger partial charge is 0.497 e. The fourth-order valence-electron chi connectivity index (χ4n) is 3.07. The Morgan fingerprint density at radius 1 is 1.11 bits per heavy atom. The highest BCUT2D eigenvalue weighted by Gasteiger charge is 2.23. The second-order valence-electron chi connectivity index (χ2n) is 6.79.